The number of benzene rings is 1. The summed E-state index contributed by atoms with van der Waals surface area (Å²) in [6, 6.07) is 6.35. The number of non-ortho nitro benzene ring substituents is 1. The molecule has 0 saturated carbocycles. The highest BCUT2D eigenvalue weighted by molar-refractivity contribution is 5.56. The Hall–Kier alpha value is -2.28. The molecule has 0 amide bonds. The normalized spacial score (nSPS) is 12.3. The van der Waals surface area contributed by atoms with Gasteiger partial charge in [0.25, 0.3) is 5.69 Å². The first-order valence-corrected chi connectivity index (χ1v) is 6.91. The number of rotatable bonds is 7. The van der Waals surface area contributed by atoms with E-state index in [2.05, 4.69) is 29.3 Å². The Morgan fingerprint density at radius 2 is 2.10 bits per heavy atom. The first kappa shape index (κ1) is 15.1. The van der Waals surface area contributed by atoms with Gasteiger partial charge in [-0.1, -0.05) is 12.1 Å². The van der Waals surface area contributed by atoms with Gasteiger partial charge in [-0.25, -0.2) is 0 Å². The Labute approximate surface area is 122 Å². The number of nitro benzene ring substituents is 1. The summed E-state index contributed by atoms with van der Waals surface area (Å²) in [7, 11) is 0. The van der Waals surface area contributed by atoms with Crippen molar-refractivity contribution in [1.29, 1.82) is 0 Å². The van der Waals surface area contributed by atoms with Crippen molar-refractivity contribution in [3.63, 3.8) is 0 Å². The zero-order valence-electron chi connectivity index (χ0n) is 12.1. The van der Waals surface area contributed by atoms with E-state index in [4.69, 9.17) is 4.52 Å². The summed E-state index contributed by atoms with van der Waals surface area (Å²) in [5.74, 6) is 1.00. The number of hydrogen-bond acceptors (Lipinski definition) is 6. The minimum absolute atomic E-state index is 0.0415. The molecule has 21 heavy (non-hydrogen) atoms. The Morgan fingerprint density at radius 3 is 2.71 bits per heavy atom. The number of aromatic nitrogens is 2. The number of hydrogen-bond donors (Lipinski definition) is 1. The molecule has 1 heterocycles. The van der Waals surface area contributed by atoms with Crippen LogP contribution in [0.4, 0.5) is 5.69 Å². The molecule has 0 aliphatic carbocycles. The number of nitro groups is 1. The van der Waals surface area contributed by atoms with Crippen molar-refractivity contribution in [2.45, 2.75) is 32.7 Å². The van der Waals surface area contributed by atoms with Gasteiger partial charge in [0.15, 0.2) is 0 Å². The fourth-order valence-corrected chi connectivity index (χ4v) is 1.91. The fraction of sp³-hybridized carbons (Fsp3) is 0.429. The predicted octanol–water partition coefficient (Wildman–Crippen LogP) is 2.58. The SMILES string of the molecule is CCCNC(C)Cc1nc(-c2ccc([N+](=O)[O-])cc2)no1. The number of nitrogens with one attached hydrogen (secondary N) is 1. The summed E-state index contributed by atoms with van der Waals surface area (Å²) in [5, 5.41) is 17.9. The van der Waals surface area contributed by atoms with E-state index >= 15 is 0 Å². The molecule has 7 heteroatoms. The summed E-state index contributed by atoms with van der Waals surface area (Å²) < 4.78 is 5.21. The maximum absolute atomic E-state index is 10.6. The van der Waals surface area contributed by atoms with Crippen molar-refractivity contribution in [2.24, 2.45) is 0 Å². The van der Waals surface area contributed by atoms with Crippen LogP contribution < -0.4 is 5.32 Å². The van der Waals surface area contributed by atoms with E-state index in [-0.39, 0.29) is 11.7 Å². The van der Waals surface area contributed by atoms with Gasteiger partial charge in [0, 0.05) is 30.2 Å². The van der Waals surface area contributed by atoms with Crippen molar-refractivity contribution in [3.05, 3.63) is 40.3 Å². The van der Waals surface area contributed by atoms with Gasteiger partial charge in [-0.15, -0.1) is 0 Å². The molecule has 0 aliphatic rings. The molecule has 0 spiro atoms. The molecule has 0 bridgehead atoms. The molecule has 1 N–H and O–H groups in total. The molecule has 1 unspecified atom stereocenters. The second-order valence-electron chi connectivity index (χ2n) is 4.88. The summed E-state index contributed by atoms with van der Waals surface area (Å²) in [6.07, 6.45) is 1.72. The van der Waals surface area contributed by atoms with E-state index in [1.165, 1.54) is 12.1 Å². The smallest absolute Gasteiger partial charge is 0.269 e. The van der Waals surface area contributed by atoms with Crippen LogP contribution in [-0.2, 0) is 6.42 Å². The lowest BCUT2D eigenvalue weighted by Gasteiger charge is -2.09. The first-order valence-electron chi connectivity index (χ1n) is 6.91. The zero-order chi connectivity index (χ0) is 15.2. The molecule has 0 radical (unpaired) electrons. The highest BCUT2D eigenvalue weighted by atomic mass is 16.6. The quantitative estimate of drug-likeness (QED) is 0.622. The van der Waals surface area contributed by atoms with E-state index in [0.29, 0.717) is 23.7 Å². The Bertz CT molecular complexity index is 595. The second-order valence-corrected chi connectivity index (χ2v) is 4.88. The third-order valence-electron chi connectivity index (χ3n) is 3.03. The van der Waals surface area contributed by atoms with Crippen LogP contribution in [0.1, 0.15) is 26.2 Å². The van der Waals surface area contributed by atoms with Crippen LogP contribution in [0.15, 0.2) is 28.8 Å². The molecule has 112 valence electrons. The van der Waals surface area contributed by atoms with E-state index in [1.807, 2.05) is 0 Å². The maximum atomic E-state index is 10.6. The summed E-state index contributed by atoms with van der Waals surface area (Å²) in [5.41, 5.74) is 0.740. The van der Waals surface area contributed by atoms with Gasteiger partial charge in [-0.05, 0) is 32.0 Å². The van der Waals surface area contributed by atoms with Gasteiger partial charge >= 0.3 is 0 Å². The van der Waals surface area contributed by atoms with Crippen molar-refractivity contribution in [1.82, 2.24) is 15.5 Å². The Kier molecular flexibility index (Phi) is 4.99. The molecule has 1 aromatic carbocycles. The number of nitrogens with zero attached hydrogens (tertiary/aromatic N) is 3. The summed E-state index contributed by atoms with van der Waals surface area (Å²) in [6.45, 7) is 5.12. The minimum Gasteiger partial charge on any atom is -0.339 e. The van der Waals surface area contributed by atoms with Gasteiger partial charge in [0.2, 0.25) is 11.7 Å². The average Bonchev–Trinajstić information content (AvgIpc) is 2.93. The van der Waals surface area contributed by atoms with Gasteiger partial charge < -0.3 is 9.84 Å². The van der Waals surface area contributed by atoms with E-state index in [9.17, 15) is 10.1 Å². The molecular formula is C14H18N4O3. The van der Waals surface area contributed by atoms with E-state index in [0.717, 1.165) is 13.0 Å². The van der Waals surface area contributed by atoms with Crippen LogP contribution in [-0.4, -0.2) is 27.7 Å². The molecule has 0 saturated heterocycles. The lowest BCUT2D eigenvalue weighted by molar-refractivity contribution is -0.384. The fourth-order valence-electron chi connectivity index (χ4n) is 1.91. The average molecular weight is 290 g/mol. The van der Waals surface area contributed by atoms with Crippen LogP contribution >= 0.6 is 0 Å². The molecule has 1 atom stereocenters. The summed E-state index contributed by atoms with van der Waals surface area (Å²) in [4.78, 5) is 14.5. The molecule has 2 aromatic rings. The minimum atomic E-state index is -0.438. The first-order chi connectivity index (χ1) is 10.1. The van der Waals surface area contributed by atoms with Gasteiger partial charge in [0.05, 0.1) is 4.92 Å². The van der Waals surface area contributed by atoms with Crippen molar-refractivity contribution >= 4 is 5.69 Å². The third-order valence-corrected chi connectivity index (χ3v) is 3.03. The molecule has 1 aromatic heterocycles. The van der Waals surface area contributed by atoms with Gasteiger partial charge in [0.1, 0.15) is 0 Å². The third kappa shape index (κ3) is 4.09. The zero-order valence-corrected chi connectivity index (χ0v) is 12.1. The second kappa shape index (κ2) is 6.94. The van der Waals surface area contributed by atoms with Crippen LogP contribution in [0.3, 0.4) is 0 Å². The van der Waals surface area contributed by atoms with Crippen LogP contribution in [0.5, 0.6) is 0 Å². The van der Waals surface area contributed by atoms with Crippen LogP contribution in [0.25, 0.3) is 11.4 Å². The van der Waals surface area contributed by atoms with Crippen molar-refractivity contribution in [3.8, 4) is 11.4 Å². The molecule has 7 nitrogen and oxygen atoms in total. The molecule has 2 rings (SSSR count). The summed E-state index contributed by atoms with van der Waals surface area (Å²) >= 11 is 0. The Balaban J connectivity index is 2.03. The lowest BCUT2D eigenvalue weighted by Crippen LogP contribution is -2.28. The van der Waals surface area contributed by atoms with Gasteiger partial charge in [-0.2, -0.15) is 4.98 Å². The predicted molar refractivity (Wildman–Crippen MR) is 77.8 cm³/mol. The highest BCUT2D eigenvalue weighted by Crippen LogP contribution is 2.20. The van der Waals surface area contributed by atoms with Crippen molar-refractivity contribution in [2.75, 3.05) is 6.54 Å². The topological polar surface area (TPSA) is 94.1 Å². The molecule has 0 fully saturated rings. The van der Waals surface area contributed by atoms with E-state index in [1.54, 1.807) is 12.1 Å². The standard InChI is InChI=1S/C14H18N4O3/c1-3-8-15-10(2)9-13-16-14(17-21-13)11-4-6-12(7-5-11)18(19)20/h4-7,10,15H,3,8-9H2,1-2H3. The highest BCUT2D eigenvalue weighted by Gasteiger charge is 2.13. The van der Waals surface area contributed by atoms with Crippen LogP contribution in [0, 0.1) is 10.1 Å². The molecule has 0 aliphatic heterocycles. The molecular weight excluding hydrogens is 272 g/mol. The Morgan fingerprint density at radius 1 is 1.38 bits per heavy atom. The van der Waals surface area contributed by atoms with Crippen molar-refractivity contribution < 1.29 is 9.45 Å². The van der Waals surface area contributed by atoms with Crippen LogP contribution in [0.2, 0.25) is 0 Å². The largest absolute Gasteiger partial charge is 0.339 e. The monoisotopic (exact) mass is 290 g/mol. The lowest BCUT2D eigenvalue weighted by atomic mass is 10.2. The maximum Gasteiger partial charge on any atom is 0.269 e. The van der Waals surface area contributed by atoms with Gasteiger partial charge in [-0.3, -0.25) is 10.1 Å². The van der Waals surface area contributed by atoms with E-state index < -0.39 is 4.92 Å².